The van der Waals surface area contributed by atoms with Gasteiger partial charge in [0.2, 0.25) is 0 Å². The van der Waals surface area contributed by atoms with E-state index in [0.717, 1.165) is 0 Å². The number of ether oxygens (including phenoxy) is 2. The number of hydrogen-bond donors (Lipinski definition) is 0. The molecule has 2 atom stereocenters. The zero-order valence-corrected chi connectivity index (χ0v) is 12.9. The summed E-state index contributed by atoms with van der Waals surface area (Å²) in [6, 6.07) is 3.16. The van der Waals surface area contributed by atoms with Gasteiger partial charge >= 0.3 is 6.18 Å². The van der Waals surface area contributed by atoms with Crippen molar-refractivity contribution in [3.05, 3.63) is 35.2 Å². The van der Waals surface area contributed by atoms with Crippen molar-refractivity contribution in [2.24, 2.45) is 0 Å². The molecule has 0 aromatic carbocycles. The summed E-state index contributed by atoms with van der Waals surface area (Å²) >= 11 is 5.66. The predicted octanol–water partition coefficient (Wildman–Crippen LogP) is 3.90. The number of aromatic nitrogens is 3. The molecule has 0 bridgehead atoms. The van der Waals surface area contributed by atoms with Gasteiger partial charge < -0.3 is 14.0 Å². The van der Waals surface area contributed by atoms with Gasteiger partial charge in [-0.1, -0.05) is 16.8 Å². The molecule has 0 saturated carbocycles. The van der Waals surface area contributed by atoms with E-state index in [1.807, 2.05) is 0 Å². The Morgan fingerprint density at radius 1 is 1.26 bits per heavy atom. The maximum atomic E-state index is 12.1. The van der Waals surface area contributed by atoms with Gasteiger partial charge in [-0.3, -0.25) is 0 Å². The second-order valence-electron chi connectivity index (χ2n) is 4.64. The van der Waals surface area contributed by atoms with E-state index in [1.54, 1.807) is 19.1 Å². The Hall–Kier alpha value is -1.87. The molecule has 2 rings (SSSR count). The minimum absolute atomic E-state index is 0.00827. The Labute approximate surface area is 134 Å². The molecule has 23 heavy (non-hydrogen) atoms. The lowest BCUT2D eigenvalue weighted by atomic mass is 10.3. The molecule has 0 radical (unpaired) electrons. The van der Waals surface area contributed by atoms with Crippen molar-refractivity contribution < 1.29 is 27.2 Å². The number of hydrogen-bond acceptors (Lipinski definition) is 6. The number of pyridine rings is 1. The second kappa shape index (κ2) is 7.14. The molecule has 0 spiro atoms. The molecule has 2 aromatic rings. The molecule has 0 fully saturated rings. The van der Waals surface area contributed by atoms with Gasteiger partial charge in [-0.15, -0.1) is 0 Å². The van der Waals surface area contributed by atoms with Crippen LogP contribution in [0.2, 0.25) is 5.15 Å². The third-order valence-electron chi connectivity index (χ3n) is 2.68. The van der Waals surface area contributed by atoms with Crippen LogP contribution in [-0.2, 0) is 4.74 Å². The Kier molecular flexibility index (Phi) is 5.42. The van der Waals surface area contributed by atoms with Gasteiger partial charge in [0.05, 0.1) is 6.20 Å². The van der Waals surface area contributed by atoms with Crippen LogP contribution >= 0.6 is 11.6 Å². The maximum absolute atomic E-state index is 12.1. The van der Waals surface area contributed by atoms with Crippen molar-refractivity contribution in [3.8, 4) is 5.75 Å². The topological polar surface area (TPSA) is 70.3 Å². The quantitative estimate of drug-likeness (QED) is 0.735. The van der Waals surface area contributed by atoms with Crippen molar-refractivity contribution in [1.82, 2.24) is 15.1 Å². The lowest BCUT2D eigenvalue weighted by Gasteiger charge is -2.11. The van der Waals surface area contributed by atoms with Gasteiger partial charge in [0, 0.05) is 0 Å². The largest absolute Gasteiger partial charge is 0.479 e. The summed E-state index contributed by atoms with van der Waals surface area (Å²) in [6.07, 6.45) is -4.57. The zero-order chi connectivity index (χ0) is 17.0. The normalized spacial score (nSPS) is 14.5. The van der Waals surface area contributed by atoms with Gasteiger partial charge in [-0.2, -0.15) is 18.2 Å². The molecule has 0 amide bonds. The lowest BCUT2D eigenvalue weighted by Crippen LogP contribution is -2.19. The molecule has 1 unspecified atom stereocenters. The molecule has 0 aliphatic rings. The molecule has 126 valence electrons. The van der Waals surface area contributed by atoms with E-state index in [1.165, 1.54) is 13.1 Å². The molecule has 6 nitrogen and oxygen atoms in total. The third kappa shape index (κ3) is 5.36. The van der Waals surface area contributed by atoms with E-state index < -0.39 is 25.0 Å². The first kappa shape index (κ1) is 17.5. The number of alkyl halides is 3. The monoisotopic (exact) mass is 351 g/mol. The van der Waals surface area contributed by atoms with Crippen LogP contribution in [0.25, 0.3) is 0 Å². The van der Waals surface area contributed by atoms with E-state index in [2.05, 4.69) is 19.9 Å². The van der Waals surface area contributed by atoms with E-state index in [-0.39, 0.29) is 11.7 Å². The van der Waals surface area contributed by atoms with E-state index in [4.69, 9.17) is 20.9 Å². The van der Waals surface area contributed by atoms with Crippen LogP contribution in [0.1, 0.15) is 37.8 Å². The maximum Gasteiger partial charge on any atom is 0.411 e. The highest BCUT2D eigenvalue weighted by molar-refractivity contribution is 6.29. The van der Waals surface area contributed by atoms with Crippen LogP contribution in [0, 0.1) is 0 Å². The molecule has 10 heteroatoms. The Morgan fingerprint density at radius 3 is 2.61 bits per heavy atom. The third-order valence-corrected chi connectivity index (χ3v) is 2.90. The summed E-state index contributed by atoms with van der Waals surface area (Å²) in [4.78, 5) is 7.84. The molecule has 2 aromatic heterocycles. The number of nitrogens with zero attached hydrogens (tertiary/aromatic N) is 3. The molecule has 0 aliphatic heterocycles. The minimum Gasteiger partial charge on any atom is -0.479 e. The summed E-state index contributed by atoms with van der Waals surface area (Å²) in [5.41, 5.74) is 0. The van der Waals surface area contributed by atoms with Crippen molar-refractivity contribution in [3.63, 3.8) is 0 Å². The smallest absolute Gasteiger partial charge is 0.411 e. The van der Waals surface area contributed by atoms with Crippen molar-refractivity contribution in [2.45, 2.75) is 32.2 Å². The highest BCUT2D eigenvalue weighted by Crippen LogP contribution is 2.24. The molecule has 0 saturated heterocycles. The van der Waals surface area contributed by atoms with Crippen LogP contribution in [-0.4, -0.2) is 27.9 Å². The molecule has 0 N–H and O–H groups in total. The zero-order valence-electron chi connectivity index (χ0n) is 12.2. The van der Waals surface area contributed by atoms with Crippen molar-refractivity contribution >= 4 is 11.6 Å². The van der Waals surface area contributed by atoms with Crippen LogP contribution in [0.4, 0.5) is 13.2 Å². The first-order valence-corrected chi connectivity index (χ1v) is 6.92. The fraction of sp³-hybridized carbons (Fsp3) is 0.462. The first-order chi connectivity index (χ1) is 10.7. The Bertz CT molecular complexity index is 633. The van der Waals surface area contributed by atoms with E-state index >= 15 is 0 Å². The average Bonchev–Trinajstić information content (AvgIpc) is 2.96. The minimum atomic E-state index is -4.42. The van der Waals surface area contributed by atoms with Gasteiger partial charge in [0.25, 0.3) is 5.89 Å². The fourth-order valence-corrected chi connectivity index (χ4v) is 1.67. The summed E-state index contributed by atoms with van der Waals surface area (Å²) in [5.74, 6) is 0.550. The summed E-state index contributed by atoms with van der Waals surface area (Å²) in [6.45, 7) is 1.66. The summed E-state index contributed by atoms with van der Waals surface area (Å²) < 4.78 is 51.5. The SMILES string of the molecule is CC(OCC(F)(F)F)c1noc([C@H](C)Oc2ccc(Cl)nc2)n1. The summed E-state index contributed by atoms with van der Waals surface area (Å²) in [5, 5.41) is 3.92. The van der Waals surface area contributed by atoms with Crippen LogP contribution < -0.4 is 4.74 Å². The average molecular weight is 352 g/mol. The van der Waals surface area contributed by atoms with Crippen LogP contribution in [0.15, 0.2) is 22.9 Å². The van der Waals surface area contributed by atoms with Gasteiger partial charge in [0.1, 0.15) is 23.6 Å². The molecular formula is C13H13ClF3N3O3. The Balaban J connectivity index is 1.96. The van der Waals surface area contributed by atoms with Crippen molar-refractivity contribution in [2.75, 3.05) is 6.61 Å². The van der Waals surface area contributed by atoms with E-state index in [9.17, 15) is 13.2 Å². The van der Waals surface area contributed by atoms with Crippen molar-refractivity contribution in [1.29, 1.82) is 0 Å². The predicted molar refractivity (Wildman–Crippen MR) is 73.0 cm³/mol. The van der Waals surface area contributed by atoms with Gasteiger partial charge in [-0.25, -0.2) is 4.98 Å². The highest BCUT2D eigenvalue weighted by atomic mass is 35.5. The highest BCUT2D eigenvalue weighted by Gasteiger charge is 2.30. The van der Waals surface area contributed by atoms with Crippen LogP contribution in [0.5, 0.6) is 5.75 Å². The van der Waals surface area contributed by atoms with Crippen LogP contribution in [0.3, 0.4) is 0 Å². The number of halogens is 4. The lowest BCUT2D eigenvalue weighted by molar-refractivity contribution is -0.185. The van der Waals surface area contributed by atoms with Gasteiger partial charge in [0.15, 0.2) is 11.9 Å². The number of rotatable bonds is 6. The molecule has 0 aliphatic carbocycles. The Morgan fingerprint density at radius 2 is 2.00 bits per heavy atom. The summed E-state index contributed by atoms with van der Waals surface area (Å²) in [7, 11) is 0. The first-order valence-electron chi connectivity index (χ1n) is 6.54. The second-order valence-corrected chi connectivity index (χ2v) is 5.02. The van der Waals surface area contributed by atoms with E-state index in [0.29, 0.717) is 10.9 Å². The molecule has 2 heterocycles. The van der Waals surface area contributed by atoms with Gasteiger partial charge in [-0.05, 0) is 26.0 Å². The molecular weight excluding hydrogens is 339 g/mol. The fourth-order valence-electron chi connectivity index (χ4n) is 1.56. The standard InChI is InChI=1S/C13H13ClF3N3O3/c1-7(21-6-13(15,16)17)11-19-12(23-20-11)8(2)22-9-3-4-10(14)18-5-9/h3-5,7-8H,6H2,1-2H3/t7?,8-/m0/s1.